The minimum atomic E-state index is -0.244. The third-order valence-electron chi connectivity index (χ3n) is 3.56. The third-order valence-corrected chi connectivity index (χ3v) is 3.56. The van der Waals surface area contributed by atoms with E-state index in [-0.39, 0.29) is 23.9 Å². The van der Waals surface area contributed by atoms with E-state index in [1.807, 2.05) is 45.0 Å². The molecule has 3 rings (SSSR count). The number of hydrogen-bond acceptors (Lipinski definition) is 4. The maximum Gasteiger partial charge on any atom is 0.276 e. The summed E-state index contributed by atoms with van der Waals surface area (Å²) in [5.41, 5.74) is 2.94. The number of ether oxygens (including phenoxy) is 1. The van der Waals surface area contributed by atoms with Gasteiger partial charge in [-0.05, 0) is 45.0 Å². The summed E-state index contributed by atoms with van der Waals surface area (Å²) >= 11 is 0. The number of nitrogens with one attached hydrogen (secondary N) is 3. The zero-order chi connectivity index (χ0) is 16.4. The van der Waals surface area contributed by atoms with Crippen LogP contribution in [0.15, 0.2) is 24.3 Å². The molecule has 0 saturated heterocycles. The molecular weight excluding hydrogens is 328 g/mol. The Kier molecular flexibility index (Phi) is 5.51. The normalized spacial score (nSPS) is 13.6. The highest BCUT2D eigenvalue weighted by Crippen LogP contribution is 2.21. The second kappa shape index (κ2) is 7.23. The number of aromatic amines is 1. The maximum atomic E-state index is 12.4. The number of carbonyl (C=O) groups is 1. The quantitative estimate of drug-likeness (QED) is 0.795. The molecular formula is C17H23ClN4O2. The summed E-state index contributed by atoms with van der Waals surface area (Å²) < 4.78 is 5.77. The highest BCUT2D eigenvalue weighted by molar-refractivity contribution is 6.04. The number of hydrogen-bond donors (Lipinski definition) is 3. The molecule has 0 atom stereocenters. The van der Waals surface area contributed by atoms with Crippen LogP contribution in [0.5, 0.6) is 5.75 Å². The average Bonchev–Trinajstić information content (AvgIpc) is 2.92. The number of rotatable bonds is 3. The second-order valence-electron chi connectivity index (χ2n) is 6.65. The summed E-state index contributed by atoms with van der Waals surface area (Å²) in [6.45, 7) is 7.57. The second-order valence-corrected chi connectivity index (χ2v) is 6.65. The van der Waals surface area contributed by atoms with Crippen molar-refractivity contribution in [3.8, 4) is 5.75 Å². The Morgan fingerprint density at radius 3 is 2.62 bits per heavy atom. The zero-order valence-corrected chi connectivity index (χ0v) is 14.9. The van der Waals surface area contributed by atoms with E-state index in [4.69, 9.17) is 4.74 Å². The Labute approximate surface area is 147 Å². The molecule has 2 heterocycles. The molecule has 1 aromatic carbocycles. The van der Waals surface area contributed by atoms with Crippen molar-refractivity contribution < 1.29 is 9.53 Å². The molecule has 0 spiro atoms. The first-order valence-corrected chi connectivity index (χ1v) is 7.80. The summed E-state index contributed by atoms with van der Waals surface area (Å²) in [4.78, 5) is 12.4. The Morgan fingerprint density at radius 2 is 1.96 bits per heavy atom. The number of carbonyl (C=O) groups excluding carboxylic acids is 1. The molecule has 1 amide bonds. The van der Waals surface area contributed by atoms with Crippen LogP contribution < -0.4 is 15.4 Å². The molecule has 0 bridgehead atoms. The van der Waals surface area contributed by atoms with Crippen molar-refractivity contribution in [3.63, 3.8) is 0 Å². The fourth-order valence-electron chi connectivity index (χ4n) is 2.56. The fraction of sp³-hybridized carbons (Fsp3) is 0.412. The van der Waals surface area contributed by atoms with E-state index in [2.05, 4.69) is 20.8 Å². The first-order valence-electron chi connectivity index (χ1n) is 7.80. The number of nitrogens with zero attached hydrogens (tertiary/aromatic N) is 1. The standard InChI is InChI=1S/C17H22N4O2.ClH/c1-17(2,3)23-12-6-4-11(5-7-12)19-16(22)15-13-10-18-9-8-14(13)20-21-15;/h4-7,18H,8-10H2,1-3H3,(H,19,22)(H,20,21);1H. The van der Waals surface area contributed by atoms with Gasteiger partial charge in [-0.3, -0.25) is 9.89 Å². The van der Waals surface area contributed by atoms with Crippen LogP contribution in [0, 0.1) is 0 Å². The first kappa shape index (κ1) is 18.3. The number of aromatic nitrogens is 2. The van der Waals surface area contributed by atoms with E-state index < -0.39 is 0 Å². The molecule has 1 aliphatic heterocycles. The largest absolute Gasteiger partial charge is 0.488 e. The molecule has 0 saturated carbocycles. The number of benzene rings is 1. The lowest BCUT2D eigenvalue weighted by molar-refractivity contribution is 0.102. The van der Waals surface area contributed by atoms with Crippen molar-refractivity contribution in [2.45, 2.75) is 39.3 Å². The van der Waals surface area contributed by atoms with Crippen LogP contribution in [-0.4, -0.2) is 28.3 Å². The number of H-pyrrole nitrogens is 1. The van der Waals surface area contributed by atoms with Crippen molar-refractivity contribution in [3.05, 3.63) is 41.2 Å². The van der Waals surface area contributed by atoms with Gasteiger partial charge in [-0.2, -0.15) is 5.10 Å². The highest BCUT2D eigenvalue weighted by Gasteiger charge is 2.21. The Bertz CT molecular complexity index is 704. The van der Waals surface area contributed by atoms with Gasteiger partial charge in [0.15, 0.2) is 5.69 Å². The van der Waals surface area contributed by atoms with Crippen molar-refractivity contribution in [1.82, 2.24) is 15.5 Å². The molecule has 1 aliphatic rings. The van der Waals surface area contributed by atoms with Crippen LogP contribution in [0.25, 0.3) is 0 Å². The number of halogens is 1. The van der Waals surface area contributed by atoms with Gasteiger partial charge < -0.3 is 15.4 Å². The average molecular weight is 351 g/mol. The fourth-order valence-corrected chi connectivity index (χ4v) is 2.56. The van der Waals surface area contributed by atoms with Gasteiger partial charge in [-0.25, -0.2) is 0 Å². The van der Waals surface area contributed by atoms with Crippen LogP contribution in [0.3, 0.4) is 0 Å². The smallest absolute Gasteiger partial charge is 0.276 e. The van der Waals surface area contributed by atoms with Gasteiger partial charge in [0.1, 0.15) is 11.4 Å². The molecule has 24 heavy (non-hydrogen) atoms. The van der Waals surface area contributed by atoms with Crippen LogP contribution in [0.2, 0.25) is 0 Å². The Hall–Kier alpha value is -2.05. The van der Waals surface area contributed by atoms with Crippen LogP contribution in [0.1, 0.15) is 42.5 Å². The van der Waals surface area contributed by atoms with E-state index in [9.17, 15) is 4.79 Å². The Morgan fingerprint density at radius 1 is 1.25 bits per heavy atom. The minimum Gasteiger partial charge on any atom is -0.488 e. The Balaban J connectivity index is 0.00000208. The van der Waals surface area contributed by atoms with Crippen molar-refractivity contribution in [2.75, 3.05) is 11.9 Å². The van der Waals surface area contributed by atoms with Crippen molar-refractivity contribution in [2.24, 2.45) is 0 Å². The molecule has 0 fully saturated rings. The lowest BCUT2D eigenvalue weighted by atomic mass is 10.1. The summed E-state index contributed by atoms with van der Waals surface area (Å²) in [5, 5.41) is 13.3. The van der Waals surface area contributed by atoms with E-state index in [1.165, 1.54) is 0 Å². The summed E-state index contributed by atoms with van der Waals surface area (Å²) in [5.74, 6) is 0.576. The van der Waals surface area contributed by atoms with Crippen LogP contribution in [0.4, 0.5) is 5.69 Å². The van der Waals surface area contributed by atoms with Crippen LogP contribution in [-0.2, 0) is 13.0 Å². The summed E-state index contributed by atoms with van der Waals surface area (Å²) in [6, 6.07) is 7.36. The lowest BCUT2D eigenvalue weighted by Crippen LogP contribution is -2.25. The first-order chi connectivity index (χ1) is 10.9. The zero-order valence-electron chi connectivity index (χ0n) is 14.1. The molecule has 130 valence electrons. The van der Waals surface area contributed by atoms with Crippen molar-refractivity contribution in [1.29, 1.82) is 0 Å². The van der Waals surface area contributed by atoms with Gasteiger partial charge in [0.25, 0.3) is 5.91 Å². The number of anilines is 1. The van der Waals surface area contributed by atoms with Gasteiger partial charge in [-0.15, -0.1) is 12.4 Å². The SMILES string of the molecule is CC(C)(C)Oc1ccc(NC(=O)c2n[nH]c3c2CNCC3)cc1.Cl. The molecule has 3 N–H and O–H groups in total. The van der Waals surface area contributed by atoms with Gasteiger partial charge in [0.2, 0.25) is 0 Å². The number of amides is 1. The molecule has 0 radical (unpaired) electrons. The molecule has 6 nitrogen and oxygen atoms in total. The van der Waals surface area contributed by atoms with Gasteiger partial charge in [0.05, 0.1) is 0 Å². The van der Waals surface area contributed by atoms with Crippen molar-refractivity contribution >= 4 is 24.0 Å². The molecule has 1 aromatic heterocycles. The predicted molar refractivity (Wildman–Crippen MR) is 96.0 cm³/mol. The molecule has 0 unspecified atom stereocenters. The van der Waals surface area contributed by atoms with E-state index in [0.29, 0.717) is 12.2 Å². The number of fused-ring (bicyclic) bond motifs is 1. The maximum absolute atomic E-state index is 12.4. The highest BCUT2D eigenvalue weighted by atomic mass is 35.5. The molecule has 7 heteroatoms. The molecule has 2 aromatic rings. The molecule has 0 aliphatic carbocycles. The lowest BCUT2D eigenvalue weighted by Gasteiger charge is -2.21. The van der Waals surface area contributed by atoms with E-state index >= 15 is 0 Å². The topological polar surface area (TPSA) is 79.0 Å². The van der Waals surface area contributed by atoms with Gasteiger partial charge >= 0.3 is 0 Å². The summed E-state index contributed by atoms with van der Waals surface area (Å²) in [6.07, 6.45) is 0.869. The third kappa shape index (κ3) is 4.27. The van der Waals surface area contributed by atoms with Gasteiger partial charge in [-0.1, -0.05) is 0 Å². The van der Waals surface area contributed by atoms with Crippen LogP contribution >= 0.6 is 12.4 Å². The van der Waals surface area contributed by atoms with E-state index in [0.717, 1.165) is 35.7 Å². The summed E-state index contributed by atoms with van der Waals surface area (Å²) in [7, 11) is 0. The van der Waals surface area contributed by atoms with Gasteiger partial charge in [0, 0.05) is 36.5 Å². The predicted octanol–water partition coefficient (Wildman–Crippen LogP) is 2.91. The minimum absolute atomic E-state index is 0. The van der Waals surface area contributed by atoms with E-state index in [1.54, 1.807) is 0 Å². The monoisotopic (exact) mass is 350 g/mol.